The van der Waals surface area contributed by atoms with Gasteiger partial charge in [-0.05, 0) is 36.7 Å². The smallest absolute Gasteiger partial charge is 0.0455 e. The number of halogens is 1. The minimum Gasteiger partial charge on any atom is -0.398 e. The van der Waals surface area contributed by atoms with Crippen molar-refractivity contribution in [3.05, 3.63) is 28.3 Å². The lowest BCUT2D eigenvalue weighted by atomic mass is 9.98. The summed E-state index contributed by atoms with van der Waals surface area (Å²) in [5, 5.41) is 0.843. The summed E-state index contributed by atoms with van der Waals surface area (Å²) in [5.74, 6) is 0. The Morgan fingerprint density at radius 1 is 1.38 bits per heavy atom. The van der Waals surface area contributed by atoms with Crippen molar-refractivity contribution < 1.29 is 0 Å². The Balaban J connectivity index is 2.51. The molecule has 13 heavy (non-hydrogen) atoms. The highest BCUT2D eigenvalue weighted by Gasteiger charge is 2.17. The molecule has 2 nitrogen and oxygen atoms in total. The molecule has 0 bridgehead atoms. The molecule has 1 aromatic carbocycles. The number of likely N-dealkylation sites (N-methyl/N-ethyl adjacent to an activating group) is 1. The molecule has 0 saturated carbocycles. The van der Waals surface area contributed by atoms with Crippen molar-refractivity contribution >= 4 is 17.3 Å². The average Bonchev–Trinajstić information content (AvgIpc) is 2.12. The van der Waals surface area contributed by atoms with E-state index in [0.717, 1.165) is 30.2 Å². The van der Waals surface area contributed by atoms with Crippen molar-refractivity contribution in [1.82, 2.24) is 4.90 Å². The Kier molecular flexibility index (Phi) is 2.18. The van der Waals surface area contributed by atoms with Gasteiger partial charge < -0.3 is 10.6 Å². The molecular formula is C10H13ClN2. The number of benzene rings is 1. The van der Waals surface area contributed by atoms with Crippen molar-refractivity contribution in [2.45, 2.75) is 13.0 Å². The number of rotatable bonds is 0. The SMILES string of the molecule is CN1CCc2c(N)ccc(Cl)c2C1. The summed E-state index contributed by atoms with van der Waals surface area (Å²) in [6, 6.07) is 3.78. The van der Waals surface area contributed by atoms with Gasteiger partial charge in [0.2, 0.25) is 0 Å². The van der Waals surface area contributed by atoms with Crippen LogP contribution in [0.25, 0.3) is 0 Å². The zero-order valence-corrected chi connectivity index (χ0v) is 8.43. The number of nitrogens with zero attached hydrogens (tertiary/aromatic N) is 1. The van der Waals surface area contributed by atoms with Gasteiger partial charge in [-0.2, -0.15) is 0 Å². The van der Waals surface area contributed by atoms with E-state index in [2.05, 4.69) is 11.9 Å². The van der Waals surface area contributed by atoms with Crippen LogP contribution in [0.3, 0.4) is 0 Å². The van der Waals surface area contributed by atoms with E-state index in [4.69, 9.17) is 17.3 Å². The maximum absolute atomic E-state index is 6.10. The monoisotopic (exact) mass is 196 g/mol. The molecule has 1 aliphatic heterocycles. The van der Waals surface area contributed by atoms with Gasteiger partial charge in [0.15, 0.2) is 0 Å². The van der Waals surface area contributed by atoms with Gasteiger partial charge in [-0.15, -0.1) is 0 Å². The third kappa shape index (κ3) is 1.52. The highest BCUT2D eigenvalue weighted by Crippen LogP contribution is 2.29. The molecule has 0 radical (unpaired) electrons. The predicted octanol–water partition coefficient (Wildman–Crippen LogP) is 1.91. The van der Waals surface area contributed by atoms with E-state index in [1.807, 2.05) is 12.1 Å². The minimum absolute atomic E-state index is 0.843. The molecule has 0 atom stereocenters. The van der Waals surface area contributed by atoms with Crippen molar-refractivity contribution in [1.29, 1.82) is 0 Å². The highest BCUT2D eigenvalue weighted by molar-refractivity contribution is 6.31. The van der Waals surface area contributed by atoms with Gasteiger partial charge in [-0.25, -0.2) is 0 Å². The molecule has 2 rings (SSSR count). The topological polar surface area (TPSA) is 29.3 Å². The first-order valence-corrected chi connectivity index (χ1v) is 4.80. The normalized spacial score (nSPS) is 17.1. The lowest BCUT2D eigenvalue weighted by molar-refractivity contribution is 0.313. The van der Waals surface area contributed by atoms with E-state index in [9.17, 15) is 0 Å². The molecular weight excluding hydrogens is 184 g/mol. The highest BCUT2D eigenvalue weighted by atomic mass is 35.5. The third-order valence-electron chi connectivity index (χ3n) is 2.58. The van der Waals surface area contributed by atoms with E-state index < -0.39 is 0 Å². The maximum atomic E-state index is 6.10. The second kappa shape index (κ2) is 3.20. The third-order valence-corrected chi connectivity index (χ3v) is 2.94. The Bertz CT molecular complexity index is 336. The molecule has 2 N–H and O–H groups in total. The fourth-order valence-electron chi connectivity index (χ4n) is 1.80. The summed E-state index contributed by atoms with van der Waals surface area (Å²) >= 11 is 6.10. The van der Waals surface area contributed by atoms with Crippen LogP contribution in [0.4, 0.5) is 5.69 Å². The first kappa shape index (κ1) is 8.85. The van der Waals surface area contributed by atoms with Crippen molar-refractivity contribution in [3.63, 3.8) is 0 Å². The lowest BCUT2D eigenvalue weighted by Gasteiger charge is -2.26. The second-order valence-electron chi connectivity index (χ2n) is 3.58. The van der Waals surface area contributed by atoms with Gasteiger partial charge in [0.1, 0.15) is 0 Å². The second-order valence-corrected chi connectivity index (χ2v) is 3.99. The van der Waals surface area contributed by atoms with Gasteiger partial charge in [0.25, 0.3) is 0 Å². The van der Waals surface area contributed by atoms with Crippen LogP contribution in [0.2, 0.25) is 5.02 Å². The lowest BCUT2D eigenvalue weighted by Crippen LogP contribution is -2.27. The van der Waals surface area contributed by atoms with E-state index in [1.165, 1.54) is 11.1 Å². The average molecular weight is 197 g/mol. The van der Waals surface area contributed by atoms with E-state index in [-0.39, 0.29) is 0 Å². The number of hydrogen-bond acceptors (Lipinski definition) is 2. The molecule has 0 saturated heterocycles. The van der Waals surface area contributed by atoms with Crippen molar-refractivity contribution in [2.24, 2.45) is 0 Å². The minimum atomic E-state index is 0.843. The molecule has 1 aromatic rings. The predicted molar refractivity (Wildman–Crippen MR) is 55.9 cm³/mol. The van der Waals surface area contributed by atoms with Crippen molar-refractivity contribution in [3.8, 4) is 0 Å². The standard InChI is InChI=1S/C10H13ClN2/c1-13-5-4-7-8(6-13)9(11)2-3-10(7)12/h2-3H,4-6,12H2,1H3. The largest absolute Gasteiger partial charge is 0.398 e. The summed E-state index contributed by atoms with van der Waals surface area (Å²) < 4.78 is 0. The van der Waals surface area contributed by atoms with Crippen LogP contribution >= 0.6 is 11.6 Å². The van der Waals surface area contributed by atoms with E-state index in [0.29, 0.717) is 0 Å². The number of nitrogen functional groups attached to an aromatic ring is 1. The van der Waals surface area contributed by atoms with Crippen LogP contribution in [0, 0.1) is 0 Å². The molecule has 70 valence electrons. The van der Waals surface area contributed by atoms with Gasteiger partial charge >= 0.3 is 0 Å². The van der Waals surface area contributed by atoms with Crippen LogP contribution in [0.5, 0.6) is 0 Å². The van der Waals surface area contributed by atoms with Gasteiger partial charge in [-0.1, -0.05) is 11.6 Å². The molecule has 0 amide bonds. The number of nitrogens with two attached hydrogens (primary N) is 1. The van der Waals surface area contributed by atoms with E-state index in [1.54, 1.807) is 0 Å². The van der Waals surface area contributed by atoms with Crippen LogP contribution in [0.15, 0.2) is 12.1 Å². The Labute approximate surface area is 83.3 Å². The molecule has 0 unspecified atom stereocenters. The van der Waals surface area contributed by atoms with Gasteiger partial charge in [-0.3, -0.25) is 0 Å². The fraction of sp³-hybridized carbons (Fsp3) is 0.400. The summed E-state index contributed by atoms with van der Waals surface area (Å²) in [4.78, 5) is 2.26. The molecule has 0 aromatic heterocycles. The Hall–Kier alpha value is -0.730. The summed E-state index contributed by atoms with van der Waals surface area (Å²) in [5.41, 5.74) is 9.21. The quantitative estimate of drug-likeness (QED) is 0.643. The Morgan fingerprint density at radius 2 is 2.15 bits per heavy atom. The molecule has 1 aliphatic rings. The van der Waals surface area contributed by atoms with Crippen LogP contribution in [0.1, 0.15) is 11.1 Å². The van der Waals surface area contributed by atoms with Crippen LogP contribution in [-0.2, 0) is 13.0 Å². The van der Waals surface area contributed by atoms with Gasteiger partial charge in [0.05, 0.1) is 0 Å². The zero-order valence-electron chi connectivity index (χ0n) is 7.68. The summed E-state index contributed by atoms with van der Waals surface area (Å²) in [6.45, 7) is 1.98. The van der Waals surface area contributed by atoms with E-state index >= 15 is 0 Å². The maximum Gasteiger partial charge on any atom is 0.0455 e. The summed E-state index contributed by atoms with van der Waals surface area (Å²) in [6.07, 6.45) is 1.01. The van der Waals surface area contributed by atoms with Crippen LogP contribution in [-0.4, -0.2) is 18.5 Å². The zero-order chi connectivity index (χ0) is 9.42. The number of fused-ring (bicyclic) bond motifs is 1. The first-order valence-electron chi connectivity index (χ1n) is 4.43. The first-order chi connectivity index (χ1) is 6.18. The molecule has 3 heteroatoms. The molecule has 1 heterocycles. The van der Waals surface area contributed by atoms with Crippen molar-refractivity contribution in [2.75, 3.05) is 19.3 Å². The Morgan fingerprint density at radius 3 is 2.92 bits per heavy atom. The molecule has 0 fully saturated rings. The number of anilines is 1. The van der Waals surface area contributed by atoms with Crippen LogP contribution < -0.4 is 5.73 Å². The molecule has 0 spiro atoms. The molecule has 0 aliphatic carbocycles. The summed E-state index contributed by atoms with van der Waals surface area (Å²) in [7, 11) is 2.10. The number of hydrogen-bond donors (Lipinski definition) is 1. The van der Waals surface area contributed by atoms with Gasteiger partial charge in [0, 0.05) is 23.8 Å². The fourth-order valence-corrected chi connectivity index (χ4v) is 2.04.